The molecule has 7 heteroatoms. The zero-order valence-electron chi connectivity index (χ0n) is 14.2. The van der Waals surface area contributed by atoms with Crippen LogP contribution >= 0.6 is 11.8 Å². The Bertz CT molecular complexity index is 635. The van der Waals surface area contributed by atoms with Gasteiger partial charge in [0.05, 0.1) is 5.88 Å². The Morgan fingerprint density at radius 1 is 1.33 bits per heavy atom. The highest BCUT2D eigenvalue weighted by molar-refractivity contribution is 7.99. The van der Waals surface area contributed by atoms with E-state index in [1.807, 2.05) is 6.92 Å². The second kappa shape index (κ2) is 8.19. The van der Waals surface area contributed by atoms with Crippen LogP contribution in [0, 0.1) is 0 Å². The molecular formula is C17H23N3O3S. The molecule has 24 heavy (non-hydrogen) atoms. The van der Waals surface area contributed by atoms with Gasteiger partial charge in [-0.15, -0.1) is 11.8 Å². The summed E-state index contributed by atoms with van der Waals surface area (Å²) in [5.41, 5.74) is 1.07. The maximum atomic E-state index is 12.8. The Morgan fingerprint density at radius 2 is 2.08 bits per heavy atom. The highest BCUT2D eigenvalue weighted by Gasteiger charge is 2.36. The van der Waals surface area contributed by atoms with Gasteiger partial charge in [-0.3, -0.25) is 14.4 Å². The Hall–Kier alpha value is -2.02. The third kappa shape index (κ3) is 4.08. The van der Waals surface area contributed by atoms with Crippen molar-refractivity contribution < 1.29 is 14.4 Å². The molecule has 0 aliphatic carbocycles. The van der Waals surface area contributed by atoms with E-state index in [-0.39, 0.29) is 17.7 Å². The summed E-state index contributed by atoms with van der Waals surface area (Å²) in [4.78, 5) is 40.0. The first kappa shape index (κ1) is 18.3. The molecule has 0 unspecified atom stereocenters. The van der Waals surface area contributed by atoms with Gasteiger partial charge in [0.15, 0.2) is 0 Å². The van der Waals surface area contributed by atoms with Crippen LogP contribution in [0.5, 0.6) is 0 Å². The van der Waals surface area contributed by atoms with Gasteiger partial charge in [-0.25, -0.2) is 0 Å². The number of anilines is 1. The molecule has 0 saturated carbocycles. The minimum absolute atomic E-state index is 0.0358. The van der Waals surface area contributed by atoms with Crippen LogP contribution in [-0.4, -0.2) is 58.8 Å². The number of benzene rings is 1. The molecule has 1 atom stereocenters. The maximum absolute atomic E-state index is 12.8. The number of nitrogens with one attached hydrogen (secondary N) is 1. The molecule has 1 fully saturated rings. The third-order valence-corrected chi connectivity index (χ3v) is 5.01. The van der Waals surface area contributed by atoms with Crippen molar-refractivity contribution in [2.75, 3.05) is 30.5 Å². The van der Waals surface area contributed by atoms with Crippen LogP contribution in [0.2, 0.25) is 0 Å². The molecule has 1 heterocycles. The number of amides is 3. The van der Waals surface area contributed by atoms with Crippen molar-refractivity contribution in [1.82, 2.24) is 9.80 Å². The van der Waals surface area contributed by atoms with E-state index in [2.05, 4.69) is 5.32 Å². The predicted molar refractivity (Wildman–Crippen MR) is 96.0 cm³/mol. The van der Waals surface area contributed by atoms with Gasteiger partial charge in [0.25, 0.3) is 5.91 Å². The Morgan fingerprint density at radius 3 is 2.75 bits per heavy atom. The van der Waals surface area contributed by atoms with Crippen molar-refractivity contribution in [3.05, 3.63) is 29.8 Å². The molecule has 1 N–H and O–H groups in total. The molecule has 130 valence electrons. The summed E-state index contributed by atoms with van der Waals surface area (Å²) in [6.45, 7) is 4.29. The molecule has 2 rings (SSSR count). The van der Waals surface area contributed by atoms with Crippen LogP contribution in [0.4, 0.5) is 5.69 Å². The van der Waals surface area contributed by atoms with Crippen LogP contribution in [0.1, 0.15) is 30.6 Å². The van der Waals surface area contributed by atoms with Gasteiger partial charge in [0.2, 0.25) is 11.8 Å². The number of rotatable bonds is 5. The summed E-state index contributed by atoms with van der Waals surface area (Å²) >= 11 is 1.58. The van der Waals surface area contributed by atoms with Crippen molar-refractivity contribution in [1.29, 1.82) is 0 Å². The van der Waals surface area contributed by atoms with E-state index in [1.54, 1.807) is 59.8 Å². The van der Waals surface area contributed by atoms with Gasteiger partial charge in [-0.2, -0.15) is 0 Å². The third-order valence-electron chi connectivity index (χ3n) is 3.99. The Labute approximate surface area is 146 Å². The van der Waals surface area contributed by atoms with Gasteiger partial charge < -0.3 is 15.1 Å². The van der Waals surface area contributed by atoms with Gasteiger partial charge in [0.1, 0.15) is 6.04 Å². The van der Waals surface area contributed by atoms with Gasteiger partial charge in [-0.1, -0.05) is 13.0 Å². The van der Waals surface area contributed by atoms with Crippen molar-refractivity contribution in [3.8, 4) is 0 Å². The second-order valence-corrected chi connectivity index (χ2v) is 6.63. The monoisotopic (exact) mass is 349 g/mol. The van der Waals surface area contributed by atoms with E-state index >= 15 is 0 Å². The summed E-state index contributed by atoms with van der Waals surface area (Å²) < 4.78 is 0. The van der Waals surface area contributed by atoms with Crippen molar-refractivity contribution in [2.24, 2.45) is 0 Å². The molecular weight excluding hydrogens is 326 g/mol. The fraction of sp³-hybridized carbons (Fsp3) is 0.471. The zero-order chi connectivity index (χ0) is 17.7. The number of hydrogen-bond donors (Lipinski definition) is 1. The largest absolute Gasteiger partial charge is 0.344 e. The molecule has 0 bridgehead atoms. The summed E-state index contributed by atoms with van der Waals surface area (Å²) in [7, 11) is 1.74. The molecule has 3 amide bonds. The van der Waals surface area contributed by atoms with E-state index in [1.165, 1.54) is 0 Å². The summed E-state index contributed by atoms with van der Waals surface area (Å²) in [6.07, 6.45) is 0.376. The number of likely N-dealkylation sites (N-methyl/N-ethyl adjacent to an activating group) is 1. The summed E-state index contributed by atoms with van der Waals surface area (Å²) in [5, 5.41) is 2.75. The molecule has 0 aromatic heterocycles. The Balaban J connectivity index is 2.17. The van der Waals surface area contributed by atoms with Crippen LogP contribution in [0.15, 0.2) is 24.3 Å². The molecule has 1 aliphatic heterocycles. The van der Waals surface area contributed by atoms with Crippen molar-refractivity contribution in [2.45, 2.75) is 26.3 Å². The first-order chi connectivity index (χ1) is 11.5. The molecule has 0 spiro atoms. The number of carbonyl (C=O) groups is 3. The van der Waals surface area contributed by atoms with Crippen LogP contribution in [0.3, 0.4) is 0 Å². The highest BCUT2D eigenvalue weighted by Crippen LogP contribution is 2.25. The Kier molecular flexibility index (Phi) is 6.25. The maximum Gasteiger partial charge on any atom is 0.255 e. The van der Waals surface area contributed by atoms with E-state index in [9.17, 15) is 14.4 Å². The molecule has 1 saturated heterocycles. The lowest BCUT2D eigenvalue weighted by Gasteiger charge is -2.26. The SMILES string of the molecule is CCC(=O)Nc1cccc(C(=O)N2CSC[C@H]2C(=O)N(C)CC)c1. The fourth-order valence-corrected chi connectivity index (χ4v) is 3.55. The predicted octanol–water partition coefficient (Wildman–Crippen LogP) is 2.03. The molecule has 6 nitrogen and oxygen atoms in total. The van der Waals surface area contributed by atoms with E-state index < -0.39 is 6.04 Å². The van der Waals surface area contributed by atoms with E-state index in [0.29, 0.717) is 35.8 Å². The summed E-state index contributed by atoms with van der Waals surface area (Å²) in [6, 6.07) is 6.41. The topological polar surface area (TPSA) is 69.7 Å². The summed E-state index contributed by atoms with van der Waals surface area (Å²) in [5.74, 6) is 0.787. The van der Waals surface area contributed by atoms with Crippen LogP contribution < -0.4 is 5.32 Å². The first-order valence-corrected chi connectivity index (χ1v) is 9.17. The smallest absolute Gasteiger partial charge is 0.255 e. The number of thioether (sulfide) groups is 1. The second-order valence-electron chi connectivity index (χ2n) is 5.63. The van der Waals surface area contributed by atoms with Gasteiger partial charge >= 0.3 is 0 Å². The van der Waals surface area contributed by atoms with Crippen LogP contribution in [0.25, 0.3) is 0 Å². The lowest BCUT2D eigenvalue weighted by atomic mass is 10.1. The fourth-order valence-electron chi connectivity index (χ4n) is 2.40. The zero-order valence-corrected chi connectivity index (χ0v) is 15.1. The highest BCUT2D eigenvalue weighted by atomic mass is 32.2. The van der Waals surface area contributed by atoms with Crippen molar-refractivity contribution in [3.63, 3.8) is 0 Å². The average Bonchev–Trinajstić information content (AvgIpc) is 3.09. The number of hydrogen-bond acceptors (Lipinski definition) is 4. The van der Waals surface area contributed by atoms with Gasteiger partial charge in [0, 0.05) is 37.0 Å². The van der Waals surface area contributed by atoms with Crippen molar-refractivity contribution >= 4 is 35.2 Å². The van der Waals surface area contributed by atoms with E-state index in [0.717, 1.165) is 0 Å². The minimum atomic E-state index is -0.429. The molecule has 1 aliphatic rings. The lowest BCUT2D eigenvalue weighted by molar-refractivity contribution is -0.133. The quantitative estimate of drug-likeness (QED) is 0.883. The van der Waals surface area contributed by atoms with Crippen LogP contribution in [-0.2, 0) is 9.59 Å². The van der Waals surface area contributed by atoms with E-state index in [4.69, 9.17) is 0 Å². The standard InChI is InChI=1S/C17H23N3O3S/c1-4-15(21)18-13-8-6-7-12(9-13)16(22)20-11-24-10-14(20)17(23)19(3)5-2/h6-9,14H,4-5,10-11H2,1-3H3,(H,18,21)/t14-/m0/s1. The number of carbonyl (C=O) groups excluding carboxylic acids is 3. The average molecular weight is 349 g/mol. The lowest BCUT2D eigenvalue weighted by Crippen LogP contribution is -2.47. The first-order valence-electron chi connectivity index (χ1n) is 8.01. The molecule has 1 aromatic carbocycles. The van der Waals surface area contributed by atoms with Gasteiger partial charge in [-0.05, 0) is 25.1 Å². The molecule has 0 radical (unpaired) electrons. The minimum Gasteiger partial charge on any atom is -0.344 e. The normalized spacial score (nSPS) is 16.8. The molecule has 1 aromatic rings. The number of nitrogens with zero attached hydrogens (tertiary/aromatic N) is 2.